The number of likely N-dealkylation sites (N-methyl/N-ethyl adjacent to an activating group) is 1. The molecule has 1 aromatic carbocycles. The Morgan fingerprint density at radius 1 is 1.15 bits per heavy atom. The van der Waals surface area contributed by atoms with Gasteiger partial charge in [-0.3, -0.25) is 0 Å². The third-order valence-corrected chi connectivity index (χ3v) is 5.01. The van der Waals surface area contributed by atoms with Crippen molar-refractivity contribution in [2.24, 2.45) is 0 Å². The lowest BCUT2D eigenvalue weighted by atomic mass is 9.98. The van der Waals surface area contributed by atoms with E-state index in [-0.39, 0.29) is 12.1 Å². The van der Waals surface area contributed by atoms with Crippen LogP contribution in [0.5, 0.6) is 5.88 Å². The maximum Gasteiger partial charge on any atom is 0.317 e. The maximum atomic E-state index is 12.3. The minimum atomic E-state index is -0.0718. The summed E-state index contributed by atoms with van der Waals surface area (Å²) in [6.07, 6.45) is 8.85. The van der Waals surface area contributed by atoms with Crippen LogP contribution in [0.25, 0.3) is 0 Å². The van der Waals surface area contributed by atoms with E-state index in [2.05, 4.69) is 22.4 Å². The molecule has 3 rings (SSSR count). The lowest BCUT2D eigenvalue weighted by molar-refractivity contribution is 0.148. The van der Waals surface area contributed by atoms with E-state index in [1.165, 1.54) is 24.8 Å². The van der Waals surface area contributed by atoms with E-state index in [0.29, 0.717) is 19.0 Å². The molecule has 2 aromatic rings. The lowest BCUT2D eigenvalue weighted by Gasteiger charge is -2.22. The Morgan fingerprint density at radius 3 is 2.70 bits per heavy atom. The number of amides is 2. The average Bonchev–Trinajstić information content (AvgIpc) is 2.72. The fourth-order valence-corrected chi connectivity index (χ4v) is 3.33. The molecule has 1 aliphatic rings. The second-order valence-corrected chi connectivity index (χ2v) is 7.20. The zero-order chi connectivity index (χ0) is 18.9. The van der Waals surface area contributed by atoms with Crippen molar-refractivity contribution in [1.82, 2.24) is 15.2 Å². The molecule has 0 bridgehead atoms. The van der Waals surface area contributed by atoms with Gasteiger partial charge < -0.3 is 15.0 Å². The predicted octanol–water partition coefficient (Wildman–Crippen LogP) is 4.18. The van der Waals surface area contributed by atoms with E-state index < -0.39 is 0 Å². The van der Waals surface area contributed by atoms with Gasteiger partial charge in [-0.25, -0.2) is 9.78 Å². The van der Waals surface area contributed by atoms with Gasteiger partial charge in [-0.1, -0.05) is 36.8 Å². The van der Waals surface area contributed by atoms with Gasteiger partial charge in [-0.2, -0.15) is 0 Å². The number of benzene rings is 1. The Balaban J connectivity index is 1.44. The number of pyridine rings is 1. The van der Waals surface area contributed by atoms with Crippen molar-refractivity contribution in [3.8, 4) is 5.88 Å². The molecular weight excluding hydrogens is 338 g/mol. The SMILES string of the molecule is CN(CCc1ccccc1)C(=O)NCc1ccnc(OC2CCCCC2)c1. The topological polar surface area (TPSA) is 54.5 Å². The lowest BCUT2D eigenvalue weighted by Crippen LogP contribution is -2.38. The largest absolute Gasteiger partial charge is 0.474 e. The second-order valence-electron chi connectivity index (χ2n) is 7.20. The van der Waals surface area contributed by atoms with E-state index in [4.69, 9.17) is 4.74 Å². The number of ether oxygens (including phenoxy) is 1. The Morgan fingerprint density at radius 2 is 1.93 bits per heavy atom. The molecule has 0 spiro atoms. The van der Waals surface area contributed by atoms with Crippen molar-refractivity contribution in [1.29, 1.82) is 0 Å². The molecule has 144 valence electrons. The number of carbonyl (C=O) groups is 1. The van der Waals surface area contributed by atoms with Gasteiger partial charge in [-0.15, -0.1) is 0 Å². The van der Waals surface area contributed by atoms with E-state index >= 15 is 0 Å². The molecule has 1 N–H and O–H groups in total. The summed E-state index contributed by atoms with van der Waals surface area (Å²) >= 11 is 0. The summed E-state index contributed by atoms with van der Waals surface area (Å²) in [4.78, 5) is 18.3. The molecule has 5 nitrogen and oxygen atoms in total. The molecule has 2 amide bonds. The molecule has 5 heteroatoms. The summed E-state index contributed by atoms with van der Waals surface area (Å²) in [5.41, 5.74) is 2.23. The molecule has 0 atom stereocenters. The van der Waals surface area contributed by atoms with Crippen LogP contribution in [0.2, 0.25) is 0 Å². The van der Waals surface area contributed by atoms with Crippen LogP contribution in [0, 0.1) is 0 Å². The quantitative estimate of drug-likeness (QED) is 0.799. The molecule has 0 aliphatic heterocycles. The molecule has 1 saturated carbocycles. The first-order valence-corrected chi connectivity index (χ1v) is 9.85. The van der Waals surface area contributed by atoms with Crippen molar-refractivity contribution in [3.05, 3.63) is 59.8 Å². The summed E-state index contributed by atoms with van der Waals surface area (Å²) in [6, 6.07) is 14.0. The standard InChI is InChI=1S/C22H29N3O2/c1-25(15-13-18-8-4-2-5-9-18)22(26)24-17-19-12-14-23-21(16-19)27-20-10-6-3-7-11-20/h2,4-5,8-9,12,14,16,20H,3,6-7,10-11,13,15,17H2,1H3,(H,24,26). The Kier molecular flexibility index (Phi) is 7.08. The Bertz CT molecular complexity index is 715. The number of carbonyl (C=O) groups excluding carboxylic acids is 1. The number of hydrogen-bond donors (Lipinski definition) is 1. The van der Waals surface area contributed by atoms with E-state index in [9.17, 15) is 4.79 Å². The first-order chi connectivity index (χ1) is 13.2. The Hall–Kier alpha value is -2.56. The van der Waals surface area contributed by atoms with Crippen LogP contribution in [0.3, 0.4) is 0 Å². The fourth-order valence-electron chi connectivity index (χ4n) is 3.33. The number of hydrogen-bond acceptors (Lipinski definition) is 3. The smallest absolute Gasteiger partial charge is 0.317 e. The third kappa shape index (κ3) is 6.27. The van der Waals surface area contributed by atoms with Crippen molar-refractivity contribution in [3.63, 3.8) is 0 Å². The second kappa shape index (κ2) is 9.95. The summed E-state index contributed by atoms with van der Waals surface area (Å²) in [6.45, 7) is 1.15. The maximum absolute atomic E-state index is 12.3. The molecule has 1 aliphatic carbocycles. The highest BCUT2D eigenvalue weighted by Crippen LogP contribution is 2.22. The normalized spacial score (nSPS) is 14.6. The van der Waals surface area contributed by atoms with Gasteiger partial charge in [0, 0.05) is 32.4 Å². The summed E-state index contributed by atoms with van der Waals surface area (Å²) in [7, 11) is 1.82. The van der Waals surface area contributed by atoms with Crippen LogP contribution in [0.15, 0.2) is 48.7 Å². The van der Waals surface area contributed by atoms with Crippen LogP contribution in [-0.2, 0) is 13.0 Å². The zero-order valence-corrected chi connectivity index (χ0v) is 16.1. The Labute approximate surface area is 161 Å². The highest BCUT2D eigenvalue weighted by Gasteiger charge is 2.15. The number of rotatable bonds is 7. The number of nitrogens with zero attached hydrogens (tertiary/aromatic N) is 2. The third-order valence-electron chi connectivity index (χ3n) is 5.01. The van der Waals surface area contributed by atoms with E-state index in [1.807, 2.05) is 37.4 Å². The monoisotopic (exact) mass is 367 g/mol. The molecule has 1 fully saturated rings. The molecule has 0 radical (unpaired) electrons. The van der Waals surface area contributed by atoms with Gasteiger partial charge in [0.05, 0.1) is 0 Å². The summed E-state index contributed by atoms with van der Waals surface area (Å²) in [5, 5.41) is 2.97. The van der Waals surface area contributed by atoms with Crippen molar-refractivity contribution in [2.45, 2.75) is 51.2 Å². The van der Waals surface area contributed by atoms with Gasteiger partial charge in [0.15, 0.2) is 0 Å². The van der Waals surface area contributed by atoms with E-state index in [0.717, 1.165) is 24.8 Å². The molecule has 27 heavy (non-hydrogen) atoms. The van der Waals surface area contributed by atoms with Crippen molar-refractivity contribution >= 4 is 6.03 Å². The van der Waals surface area contributed by atoms with Crippen LogP contribution in [0.4, 0.5) is 4.79 Å². The van der Waals surface area contributed by atoms with Gasteiger partial charge in [0.1, 0.15) is 6.10 Å². The van der Waals surface area contributed by atoms with Crippen molar-refractivity contribution < 1.29 is 9.53 Å². The first-order valence-electron chi connectivity index (χ1n) is 9.85. The zero-order valence-electron chi connectivity index (χ0n) is 16.1. The molecular formula is C22H29N3O2. The molecule has 1 aromatic heterocycles. The average molecular weight is 367 g/mol. The fraction of sp³-hybridized carbons (Fsp3) is 0.455. The first kappa shape index (κ1) is 19.2. The van der Waals surface area contributed by atoms with Gasteiger partial charge in [0.2, 0.25) is 5.88 Å². The minimum Gasteiger partial charge on any atom is -0.474 e. The predicted molar refractivity (Wildman–Crippen MR) is 107 cm³/mol. The summed E-state index contributed by atoms with van der Waals surface area (Å²) < 4.78 is 6.00. The molecule has 0 unspecified atom stereocenters. The number of nitrogens with one attached hydrogen (secondary N) is 1. The van der Waals surface area contributed by atoms with Gasteiger partial charge >= 0.3 is 6.03 Å². The molecule has 0 saturated heterocycles. The highest BCUT2D eigenvalue weighted by molar-refractivity contribution is 5.73. The van der Waals surface area contributed by atoms with Gasteiger partial charge in [0.25, 0.3) is 0 Å². The number of urea groups is 1. The van der Waals surface area contributed by atoms with Crippen LogP contribution in [0.1, 0.15) is 43.2 Å². The highest BCUT2D eigenvalue weighted by atomic mass is 16.5. The van der Waals surface area contributed by atoms with Crippen LogP contribution >= 0.6 is 0 Å². The van der Waals surface area contributed by atoms with Crippen LogP contribution in [-0.4, -0.2) is 35.6 Å². The van der Waals surface area contributed by atoms with E-state index in [1.54, 1.807) is 11.1 Å². The summed E-state index contributed by atoms with van der Waals surface area (Å²) in [5.74, 6) is 0.658. The van der Waals surface area contributed by atoms with Crippen molar-refractivity contribution in [2.75, 3.05) is 13.6 Å². The minimum absolute atomic E-state index is 0.0718. The number of aromatic nitrogens is 1. The van der Waals surface area contributed by atoms with Crippen LogP contribution < -0.4 is 10.1 Å². The molecule has 1 heterocycles. The van der Waals surface area contributed by atoms with Gasteiger partial charge in [-0.05, 0) is 49.3 Å².